The van der Waals surface area contributed by atoms with Gasteiger partial charge in [-0.2, -0.15) is 0 Å². The Balaban J connectivity index is 2.13. The zero-order valence-electron chi connectivity index (χ0n) is 11.3. The maximum absolute atomic E-state index is 11.6. The van der Waals surface area contributed by atoms with Gasteiger partial charge >= 0.3 is 0 Å². The predicted molar refractivity (Wildman–Crippen MR) is 73.7 cm³/mol. The van der Waals surface area contributed by atoms with Crippen LogP contribution >= 0.6 is 0 Å². The van der Waals surface area contributed by atoms with Crippen LogP contribution in [0.2, 0.25) is 0 Å². The lowest BCUT2D eigenvalue weighted by Crippen LogP contribution is -2.32. The third-order valence-corrected chi connectivity index (χ3v) is 3.37. The Morgan fingerprint density at radius 2 is 2.16 bits per heavy atom. The van der Waals surface area contributed by atoms with Crippen molar-refractivity contribution in [1.82, 2.24) is 4.90 Å². The highest BCUT2D eigenvalue weighted by Gasteiger charge is 2.20. The summed E-state index contributed by atoms with van der Waals surface area (Å²) in [5, 5.41) is 0. The molecule has 1 aromatic rings. The van der Waals surface area contributed by atoms with Crippen molar-refractivity contribution in [3.8, 4) is 0 Å². The summed E-state index contributed by atoms with van der Waals surface area (Å²) in [6.07, 6.45) is 1.34. The van der Waals surface area contributed by atoms with Crippen LogP contribution in [0.3, 0.4) is 0 Å². The van der Waals surface area contributed by atoms with E-state index in [1.165, 1.54) is 5.56 Å². The molecule has 0 radical (unpaired) electrons. The number of carbonyl (C=O) groups is 2. The van der Waals surface area contributed by atoms with E-state index in [0.717, 1.165) is 17.7 Å². The van der Waals surface area contributed by atoms with Crippen molar-refractivity contribution in [2.24, 2.45) is 5.73 Å². The van der Waals surface area contributed by atoms with E-state index in [-0.39, 0.29) is 18.4 Å². The molecule has 2 amide bonds. The maximum Gasteiger partial charge on any atom is 0.231 e. The van der Waals surface area contributed by atoms with E-state index in [0.29, 0.717) is 13.0 Å². The third kappa shape index (κ3) is 3.12. The number of nitrogens with two attached hydrogens (primary N) is 1. The Morgan fingerprint density at radius 1 is 1.42 bits per heavy atom. The first kappa shape index (κ1) is 13.5. The van der Waals surface area contributed by atoms with Crippen molar-refractivity contribution in [3.63, 3.8) is 0 Å². The Bertz CT molecular complexity index is 513. The summed E-state index contributed by atoms with van der Waals surface area (Å²) in [6, 6.07) is 6.07. The molecule has 0 unspecified atom stereocenters. The van der Waals surface area contributed by atoms with Gasteiger partial charge in [0.15, 0.2) is 0 Å². The Kier molecular flexibility index (Phi) is 3.85. The van der Waals surface area contributed by atoms with Crippen molar-refractivity contribution in [2.75, 3.05) is 25.5 Å². The molecule has 0 saturated carbocycles. The number of primary amides is 1. The quantitative estimate of drug-likeness (QED) is 0.859. The summed E-state index contributed by atoms with van der Waals surface area (Å²) in [7, 11) is 3.67. The number of anilines is 1. The van der Waals surface area contributed by atoms with Gasteiger partial charge in [0, 0.05) is 25.7 Å². The molecular formula is C14H19N3O2. The number of benzene rings is 1. The van der Waals surface area contributed by atoms with E-state index < -0.39 is 0 Å². The molecule has 0 fully saturated rings. The number of fused-ring (bicyclic) bond motifs is 1. The second-order valence-electron chi connectivity index (χ2n) is 5.05. The number of hydrogen-bond donors (Lipinski definition) is 1. The van der Waals surface area contributed by atoms with Crippen LogP contribution in [-0.2, 0) is 22.6 Å². The average Bonchev–Trinajstić information content (AvgIpc) is 2.33. The standard InChI is InChI=1S/C14H19N3O2/c1-16(9-13(15)18)8-10-3-5-12-11(7-10)4-6-14(19)17(12)2/h3,5,7H,4,6,8-9H2,1-2H3,(H2,15,18). The van der Waals surface area contributed by atoms with Gasteiger partial charge in [-0.15, -0.1) is 0 Å². The van der Waals surface area contributed by atoms with Crippen molar-refractivity contribution in [3.05, 3.63) is 29.3 Å². The van der Waals surface area contributed by atoms with E-state index in [2.05, 4.69) is 6.07 Å². The minimum absolute atomic E-state index is 0.158. The summed E-state index contributed by atoms with van der Waals surface area (Å²) >= 11 is 0. The molecule has 2 N–H and O–H groups in total. The fourth-order valence-electron chi connectivity index (χ4n) is 2.44. The predicted octanol–water partition coefficient (Wildman–Crippen LogP) is 0.513. The van der Waals surface area contributed by atoms with Gasteiger partial charge in [0.25, 0.3) is 0 Å². The molecule has 1 aliphatic heterocycles. The topological polar surface area (TPSA) is 66.6 Å². The fraction of sp³-hybridized carbons (Fsp3) is 0.429. The average molecular weight is 261 g/mol. The van der Waals surface area contributed by atoms with Gasteiger partial charge in [-0.25, -0.2) is 0 Å². The smallest absolute Gasteiger partial charge is 0.231 e. The second kappa shape index (κ2) is 5.40. The van der Waals surface area contributed by atoms with Crippen molar-refractivity contribution in [1.29, 1.82) is 0 Å². The van der Waals surface area contributed by atoms with Crippen molar-refractivity contribution >= 4 is 17.5 Å². The highest BCUT2D eigenvalue weighted by molar-refractivity contribution is 5.95. The van der Waals surface area contributed by atoms with Crippen molar-refractivity contribution < 1.29 is 9.59 Å². The minimum atomic E-state index is -0.328. The normalized spacial score (nSPS) is 14.7. The highest BCUT2D eigenvalue weighted by atomic mass is 16.2. The summed E-state index contributed by atoms with van der Waals surface area (Å²) < 4.78 is 0. The number of rotatable bonds is 4. The molecule has 0 aliphatic carbocycles. The number of likely N-dealkylation sites (N-methyl/N-ethyl adjacent to an activating group) is 1. The molecule has 102 valence electrons. The van der Waals surface area contributed by atoms with Gasteiger partial charge in [-0.1, -0.05) is 12.1 Å². The lowest BCUT2D eigenvalue weighted by atomic mass is 9.99. The molecule has 0 bridgehead atoms. The monoisotopic (exact) mass is 261 g/mol. The molecule has 0 atom stereocenters. The fourth-order valence-corrected chi connectivity index (χ4v) is 2.44. The molecule has 1 aromatic carbocycles. The van der Waals surface area contributed by atoms with Crippen LogP contribution < -0.4 is 10.6 Å². The third-order valence-electron chi connectivity index (χ3n) is 3.37. The molecule has 5 nitrogen and oxygen atoms in total. The zero-order chi connectivity index (χ0) is 14.0. The van der Waals surface area contributed by atoms with Crippen molar-refractivity contribution in [2.45, 2.75) is 19.4 Å². The summed E-state index contributed by atoms with van der Waals surface area (Å²) in [5.41, 5.74) is 8.47. The number of aryl methyl sites for hydroxylation is 1. The molecule has 5 heteroatoms. The first-order valence-corrected chi connectivity index (χ1v) is 6.32. The van der Waals surface area contributed by atoms with E-state index >= 15 is 0 Å². The number of carbonyl (C=O) groups excluding carboxylic acids is 2. The van der Waals surface area contributed by atoms with E-state index in [1.807, 2.05) is 24.1 Å². The van der Waals surface area contributed by atoms with Crippen LogP contribution in [0.1, 0.15) is 17.5 Å². The SMILES string of the molecule is CN(CC(N)=O)Cc1ccc2c(c1)CCC(=O)N2C. The van der Waals surface area contributed by atoms with Crippen LogP contribution in [0.25, 0.3) is 0 Å². The van der Waals surface area contributed by atoms with Crippen LogP contribution in [0, 0.1) is 0 Å². The molecular weight excluding hydrogens is 242 g/mol. The molecule has 19 heavy (non-hydrogen) atoms. The van der Waals surface area contributed by atoms with Gasteiger partial charge in [0.1, 0.15) is 0 Å². The molecule has 0 aromatic heterocycles. The van der Waals surface area contributed by atoms with Gasteiger partial charge in [-0.3, -0.25) is 14.5 Å². The lowest BCUT2D eigenvalue weighted by molar-refractivity contribution is -0.119. The first-order valence-electron chi connectivity index (χ1n) is 6.32. The second-order valence-corrected chi connectivity index (χ2v) is 5.05. The van der Waals surface area contributed by atoms with E-state index in [4.69, 9.17) is 5.73 Å². The number of hydrogen-bond acceptors (Lipinski definition) is 3. The molecule has 2 rings (SSSR count). The van der Waals surface area contributed by atoms with Gasteiger partial charge in [-0.05, 0) is 30.7 Å². The summed E-state index contributed by atoms with van der Waals surface area (Å²) in [6.45, 7) is 0.920. The number of nitrogens with zero attached hydrogens (tertiary/aromatic N) is 2. The zero-order valence-corrected chi connectivity index (χ0v) is 11.3. The first-order chi connectivity index (χ1) is 8.97. The number of amides is 2. The van der Waals surface area contributed by atoms with Gasteiger partial charge < -0.3 is 10.6 Å². The maximum atomic E-state index is 11.6. The lowest BCUT2D eigenvalue weighted by Gasteiger charge is -2.26. The molecule has 1 aliphatic rings. The van der Waals surface area contributed by atoms with Crippen LogP contribution in [0.5, 0.6) is 0 Å². The highest BCUT2D eigenvalue weighted by Crippen LogP contribution is 2.27. The Morgan fingerprint density at radius 3 is 2.84 bits per heavy atom. The minimum Gasteiger partial charge on any atom is -0.369 e. The Labute approximate surface area is 113 Å². The van der Waals surface area contributed by atoms with E-state index in [9.17, 15) is 9.59 Å². The molecule has 1 heterocycles. The van der Waals surface area contributed by atoms with Crippen LogP contribution in [0.15, 0.2) is 18.2 Å². The van der Waals surface area contributed by atoms with E-state index in [1.54, 1.807) is 11.9 Å². The van der Waals surface area contributed by atoms with Gasteiger partial charge in [0.05, 0.1) is 6.54 Å². The largest absolute Gasteiger partial charge is 0.369 e. The molecule has 0 spiro atoms. The van der Waals surface area contributed by atoms with Crippen LogP contribution in [0.4, 0.5) is 5.69 Å². The van der Waals surface area contributed by atoms with Gasteiger partial charge in [0.2, 0.25) is 11.8 Å². The van der Waals surface area contributed by atoms with Crippen LogP contribution in [-0.4, -0.2) is 37.4 Å². The Hall–Kier alpha value is -1.88. The summed E-state index contributed by atoms with van der Waals surface area (Å²) in [4.78, 5) is 26.0. The summed E-state index contributed by atoms with van der Waals surface area (Å²) in [5.74, 6) is -0.170. The molecule has 0 saturated heterocycles.